The van der Waals surface area contributed by atoms with E-state index in [9.17, 15) is 0 Å². The van der Waals surface area contributed by atoms with E-state index in [1.54, 1.807) is 0 Å². The molecule has 2 nitrogen and oxygen atoms in total. The van der Waals surface area contributed by atoms with Gasteiger partial charge < -0.3 is 9.80 Å². The highest BCUT2D eigenvalue weighted by Gasteiger charge is 2.23. The second kappa shape index (κ2) is 4.10. The minimum atomic E-state index is 0.961. The normalized spacial score (nSPS) is 16.1. The lowest BCUT2D eigenvalue weighted by Crippen LogP contribution is -2.25. The van der Waals surface area contributed by atoms with Crippen LogP contribution in [0.4, 0.5) is 5.69 Å². The Kier molecular flexibility index (Phi) is 2.90. The van der Waals surface area contributed by atoms with Crippen LogP contribution in [0.15, 0.2) is 23.5 Å². The maximum atomic E-state index is 2.42. The van der Waals surface area contributed by atoms with E-state index in [-0.39, 0.29) is 0 Å². The highest BCUT2D eigenvalue weighted by Crippen LogP contribution is 2.33. The topological polar surface area (TPSA) is 6.48 Å². The van der Waals surface area contributed by atoms with Crippen molar-refractivity contribution in [2.24, 2.45) is 0 Å². The first kappa shape index (κ1) is 12.0. The highest BCUT2D eigenvalue weighted by molar-refractivity contribution is 5.64. The Morgan fingerprint density at radius 1 is 0.882 bits per heavy atom. The molecule has 0 N–H and O–H groups in total. The van der Waals surface area contributed by atoms with Gasteiger partial charge in [-0.05, 0) is 45.7 Å². The molecule has 2 heteroatoms. The number of hydrogen-bond acceptors (Lipinski definition) is 2. The van der Waals surface area contributed by atoms with Gasteiger partial charge >= 0.3 is 0 Å². The molecular formula is C15H22N2. The molecule has 0 radical (unpaired) electrons. The Hall–Kier alpha value is -1.44. The molecule has 0 amide bonds. The Morgan fingerprint density at radius 2 is 1.41 bits per heavy atom. The van der Waals surface area contributed by atoms with E-state index < -0.39 is 0 Å². The molecular weight excluding hydrogens is 208 g/mol. The zero-order chi connectivity index (χ0) is 12.7. The largest absolute Gasteiger partial charge is 0.359 e. The van der Waals surface area contributed by atoms with E-state index >= 15 is 0 Å². The molecule has 0 aliphatic carbocycles. The molecule has 1 heterocycles. The average molecular weight is 230 g/mol. The van der Waals surface area contributed by atoms with Gasteiger partial charge in [-0.2, -0.15) is 0 Å². The molecule has 0 fully saturated rings. The summed E-state index contributed by atoms with van der Waals surface area (Å²) in [5, 5.41) is 0. The van der Waals surface area contributed by atoms with Gasteiger partial charge in [-0.1, -0.05) is 17.7 Å². The lowest BCUT2D eigenvalue weighted by Gasteiger charge is -2.25. The lowest BCUT2D eigenvalue weighted by molar-refractivity contribution is 0.459. The molecule has 0 spiro atoms. The molecule has 0 unspecified atom stereocenters. The van der Waals surface area contributed by atoms with Crippen molar-refractivity contribution in [3.8, 4) is 0 Å². The second-order valence-corrected chi connectivity index (χ2v) is 5.19. The molecule has 17 heavy (non-hydrogen) atoms. The van der Waals surface area contributed by atoms with E-state index in [1.807, 2.05) is 0 Å². The van der Waals surface area contributed by atoms with Crippen LogP contribution in [-0.4, -0.2) is 18.6 Å². The van der Waals surface area contributed by atoms with Crippen LogP contribution in [-0.2, 0) is 0 Å². The molecule has 0 bridgehead atoms. The molecule has 1 aromatic carbocycles. The van der Waals surface area contributed by atoms with E-state index in [1.165, 1.54) is 33.8 Å². The molecule has 1 aliphatic heterocycles. The van der Waals surface area contributed by atoms with Gasteiger partial charge in [0.2, 0.25) is 0 Å². The quantitative estimate of drug-likeness (QED) is 0.727. The lowest BCUT2D eigenvalue weighted by atomic mass is 10.0. The van der Waals surface area contributed by atoms with E-state index in [0.717, 1.165) is 6.67 Å². The molecule has 1 aliphatic rings. The van der Waals surface area contributed by atoms with Crippen molar-refractivity contribution in [3.05, 3.63) is 40.2 Å². The van der Waals surface area contributed by atoms with Crippen LogP contribution in [0.3, 0.4) is 0 Å². The summed E-state index contributed by atoms with van der Waals surface area (Å²) in [6.45, 7) is 11.9. The van der Waals surface area contributed by atoms with Crippen LogP contribution in [0.1, 0.15) is 30.5 Å². The maximum Gasteiger partial charge on any atom is 0.0944 e. The Bertz CT molecular complexity index is 463. The number of nitrogens with zero attached hydrogens (tertiary/aromatic N) is 2. The van der Waals surface area contributed by atoms with Gasteiger partial charge in [-0.25, -0.2) is 0 Å². The summed E-state index contributed by atoms with van der Waals surface area (Å²) < 4.78 is 0. The van der Waals surface area contributed by atoms with Gasteiger partial charge in [0.15, 0.2) is 0 Å². The maximum absolute atomic E-state index is 2.42. The third-order valence-electron chi connectivity index (χ3n) is 3.76. The van der Waals surface area contributed by atoms with Crippen molar-refractivity contribution < 1.29 is 0 Å². The summed E-state index contributed by atoms with van der Waals surface area (Å²) in [5.41, 5.74) is 8.17. The molecule has 0 atom stereocenters. The fraction of sp³-hybridized carbons (Fsp3) is 0.467. The van der Waals surface area contributed by atoms with Crippen LogP contribution >= 0.6 is 0 Å². The number of benzene rings is 1. The van der Waals surface area contributed by atoms with Gasteiger partial charge in [0, 0.05) is 24.1 Å². The van der Waals surface area contributed by atoms with Crippen molar-refractivity contribution in [3.63, 3.8) is 0 Å². The number of hydrogen-bond donors (Lipinski definition) is 0. The summed E-state index contributed by atoms with van der Waals surface area (Å²) in [5.74, 6) is 0. The van der Waals surface area contributed by atoms with Crippen LogP contribution in [0.25, 0.3) is 0 Å². The smallest absolute Gasteiger partial charge is 0.0944 e. The number of allylic oxidation sites excluding steroid dienone is 2. The molecule has 0 saturated carbocycles. The molecule has 2 rings (SSSR count). The monoisotopic (exact) mass is 230 g/mol. The predicted octanol–water partition coefficient (Wildman–Crippen LogP) is 3.57. The SMILES string of the molecule is CC1=C(C)N(c2c(C)cc(C)cc2C)CN1C. The third-order valence-corrected chi connectivity index (χ3v) is 3.76. The standard InChI is InChI=1S/C15H22N2/c1-10-7-11(2)15(12(3)8-10)17-9-16(6)13(4)14(17)5/h7-8H,9H2,1-6H3. The van der Waals surface area contributed by atoms with E-state index in [0.29, 0.717) is 0 Å². The van der Waals surface area contributed by atoms with Gasteiger partial charge in [0.1, 0.15) is 0 Å². The number of anilines is 1. The molecule has 0 saturated heterocycles. The first-order valence-electron chi connectivity index (χ1n) is 6.16. The highest BCUT2D eigenvalue weighted by atomic mass is 15.4. The van der Waals surface area contributed by atoms with Crippen LogP contribution in [0, 0.1) is 20.8 Å². The molecule has 1 aromatic rings. The van der Waals surface area contributed by atoms with E-state index in [4.69, 9.17) is 0 Å². The minimum absolute atomic E-state index is 0.961. The second-order valence-electron chi connectivity index (χ2n) is 5.19. The number of aryl methyl sites for hydroxylation is 3. The third kappa shape index (κ3) is 1.92. The average Bonchev–Trinajstić information content (AvgIpc) is 2.45. The zero-order valence-corrected chi connectivity index (χ0v) is 11.8. The van der Waals surface area contributed by atoms with Crippen LogP contribution in [0.5, 0.6) is 0 Å². The fourth-order valence-corrected chi connectivity index (χ4v) is 2.73. The van der Waals surface area contributed by atoms with Crippen LogP contribution < -0.4 is 4.90 Å². The van der Waals surface area contributed by atoms with Crippen molar-refractivity contribution in [1.29, 1.82) is 0 Å². The van der Waals surface area contributed by atoms with Crippen molar-refractivity contribution in [2.75, 3.05) is 18.6 Å². The summed E-state index contributed by atoms with van der Waals surface area (Å²) in [4.78, 5) is 4.72. The Balaban J connectivity index is 2.50. The van der Waals surface area contributed by atoms with Gasteiger partial charge in [-0.3, -0.25) is 0 Å². The van der Waals surface area contributed by atoms with Crippen molar-refractivity contribution >= 4 is 5.69 Å². The summed E-state index contributed by atoms with van der Waals surface area (Å²) >= 11 is 0. The summed E-state index contributed by atoms with van der Waals surface area (Å²) in [6, 6.07) is 4.53. The van der Waals surface area contributed by atoms with Crippen LogP contribution in [0.2, 0.25) is 0 Å². The molecule has 92 valence electrons. The van der Waals surface area contributed by atoms with Gasteiger partial charge in [0.25, 0.3) is 0 Å². The summed E-state index contributed by atoms with van der Waals surface area (Å²) in [6.07, 6.45) is 0. The minimum Gasteiger partial charge on any atom is -0.359 e. The van der Waals surface area contributed by atoms with Gasteiger partial charge in [-0.15, -0.1) is 0 Å². The first-order valence-corrected chi connectivity index (χ1v) is 6.16. The molecule has 0 aromatic heterocycles. The number of rotatable bonds is 1. The fourth-order valence-electron chi connectivity index (χ4n) is 2.73. The first-order chi connectivity index (χ1) is 7.91. The predicted molar refractivity (Wildman–Crippen MR) is 74.1 cm³/mol. The van der Waals surface area contributed by atoms with Crippen molar-refractivity contribution in [2.45, 2.75) is 34.6 Å². The van der Waals surface area contributed by atoms with Crippen molar-refractivity contribution in [1.82, 2.24) is 4.90 Å². The Labute approximate surface area is 105 Å². The Morgan fingerprint density at radius 3 is 1.82 bits per heavy atom. The van der Waals surface area contributed by atoms with Gasteiger partial charge in [0.05, 0.1) is 6.67 Å². The zero-order valence-electron chi connectivity index (χ0n) is 11.8. The summed E-state index contributed by atoms with van der Waals surface area (Å²) in [7, 11) is 2.15. The van der Waals surface area contributed by atoms with E-state index in [2.05, 4.69) is 63.6 Å².